The molecule has 0 unspecified atom stereocenters. The molecule has 1 aliphatic rings. The summed E-state index contributed by atoms with van der Waals surface area (Å²) in [6.45, 7) is 0. The molecule has 6 nitrogen and oxygen atoms in total. The molecule has 0 saturated heterocycles. The van der Waals surface area contributed by atoms with Crippen LogP contribution >= 0.6 is 11.3 Å². The van der Waals surface area contributed by atoms with Gasteiger partial charge in [0.05, 0.1) is 12.7 Å². The maximum Gasteiger partial charge on any atom is 0.341 e. The Labute approximate surface area is 167 Å². The summed E-state index contributed by atoms with van der Waals surface area (Å²) in [6, 6.07) is 10.3. The summed E-state index contributed by atoms with van der Waals surface area (Å²) < 4.78 is 4.94. The summed E-state index contributed by atoms with van der Waals surface area (Å²) in [6.07, 6.45) is 2.57. The molecule has 2 aromatic rings. The number of benzene rings is 1. The third-order valence-electron chi connectivity index (χ3n) is 4.96. The van der Waals surface area contributed by atoms with Gasteiger partial charge in [0.15, 0.2) is 0 Å². The summed E-state index contributed by atoms with van der Waals surface area (Å²) in [5.74, 6) is -1.57. The molecule has 0 aliphatic heterocycles. The smallest absolute Gasteiger partial charge is 0.341 e. The second kappa shape index (κ2) is 9.01. The summed E-state index contributed by atoms with van der Waals surface area (Å²) >= 11 is 1.41. The highest BCUT2D eigenvalue weighted by molar-refractivity contribution is 7.17. The highest BCUT2D eigenvalue weighted by Crippen LogP contribution is 2.42. The van der Waals surface area contributed by atoms with Crippen LogP contribution in [0.25, 0.3) is 0 Å². The number of thiophene rings is 1. The van der Waals surface area contributed by atoms with E-state index in [-0.39, 0.29) is 25.2 Å². The van der Waals surface area contributed by atoms with Crippen molar-refractivity contribution < 1.29 is 24.2 Å². The Bertz CT molecular complexity index is 874. The molecule has 3 rings (SSSR count). The number of esters is 1. The lowest BCUT2D eigenvalue weighted by Crippen LogP contribution is -2.22. The molecule has 7 heteroatoms. The first-order chi connectivity index (χ1) is 13.5. The Morgan fingerprint density at radius 1 is 1.21 bits per heavy atom. The molecular formula is C21H22NO5S-. The molecule has 1 aromatic carbocycles. The van der Waals surface area contributed by atoms with Gasteiger partial charge in [0.1, 0.15) is 5.00 Å². The monoisotopic (exact) mass is 400 g/mol. The number of carbonyl (C=O) groups excluding carboxylic acids is 3. The molecule has 28 heavy (non-hydrogen) atoms. The van der Waals surface area contributed by atoms with Gasteiger partial charge in [0.2, 0.25) is 5.91 Å². The number of carboxylic acid groups (broad SMARTS) is 1. The van der Waals surface area contributed by atoms with E-state index in [4.69, 9.17) is 4.74 Å². The topological polar surface area (TPSA) is 95.5 Å². The maximum absolute atomic E-state index is 12.4. The summed E-state index contributed by atoms with van der Waals surface area (Å²) in [7, 11) is 1.33. The molecular weight excluding hydrogens is 378 g/mol. The van der Waals surface area contributed by atoms with Crippen LogP contribution in [0.4, 0.5) is 5.00 Å². The van der Waals surface area contributed by atoms with Crippen LogP contribution < -0.4 is 10.4 Å². The quantitative estimate of drug-likeness (QED) is 0.721. The van der Waals surface area contributed by atoms with Crippen molar-refractivity contribution in [3.63, 3.8) is 0 Å². The van der Waals surface area contributed by atoms with E-state index in [1.807, 2.05) is 18.2 Å². The van der Waals surface area contributed by atoms with E-state index in [9.17, 15) is 19.5 Å². The fraction of sp³-hybridized carbons (Fsp3) is 0.381. The lowest BCUT2D eigenvalue weighted by atomic mass is 9.83. The van der Waals surface area contributed by atoms with E-state index in [1.165, 1.54) is 24.0 Å². The highest BCUT2D eigenvalue weighted by Gasteiger charge is 2.30. The molecule has 1 N–H and O–H groups in total. The predicted octanol–water partition coefficient (Wildman–Crippen LogP) is 2.67. The standard InChI is InChI=1S/C21H23NO5S/c1-27-21(26)19-15-11-10-14(13-6-3-2-4-7-13)12-16(15)28-20(19)22-17(23)8-5-9-18(24)25/h2-4,6-7,14H,5,8-12H2,1H3,(H,22,23)(H,24,25)/p-1/t14-/m0/s1. The molecule has 1 atom stereocenters. The number of carboxylic acids is 1. The van der Waals surface area contributed by atoms with Crippen molar-refractivity contribution in [1.82, 2.24) is 0 Å². The summed E-state index contributed by atoms with van der Waals surface area (Å²) in [4.78, 5) is 36.1. The van der Waals surface area contributed by atoms with Gasteiger partial charge < -0.3 is 20.0 Å². The third kappa shape index (κ3) is 4.59. The molecule has 1 heterocycles. The molecule has 0 bridgehead atoms. The van der Waals surface area contributed by atoms with Crippen molar-refractivity contribution in [2.24, 2.45) is 0 Å². The number of rotatable bonds is 7. The number of hydrogen-bond donors (Lipinski definition) is 1. The Morgan fingerprint density at radius 3 is 2.64 bits per heavy atom. The number of ether oxygens (including phenoxy) is 1. The summed E-state index contributed by atoms with van der Waals surface area (Å²) in [5, 5.41) is 13.8. The van der Waals surface area contributed by atoms with Crippen LogP contribution in [0.5, 0.6) is 0 Å². The van der Waals surface area contributed by atoms with E-state index in [0.717, 1.165) is 29.7 Å². The Kier molecular flexibility index (Phi) is 6.46. The Balaban J connectivity index is 1.80. The van der Waals surface area contributed by atoms with Gasteiger partial charge in [-0.25, -0.2) is 4.79 Å². The molecule has 0 spiro atoms. The van der Waals surface area contributed by atoms with Crippen LogP contribution in [-0.2, 0) is 27.2 Å². The normalized spacial score (nSPS) is 15.5. The number of hydrogen-bond acceptors (Lipinski definition) is 6. The van der Waals surface area contributed by atoms with Crippen molar-refractivity contribution in [2.75, 3.05) is 12.4 Å². The third-order valence-corrected chi connectivity index (χ3v) is 6.13. The van der Waals surface area contributed by atoms with E-state index in [0.29, 0.717) is 16.5 Å². The van der Waals surface area contributed by atoms with Crippen LogP contribution in [0.2, 0.25) is 0 Å². The van der Waals surface area contributed by atoms with Gasteiger partial charge >= 0.3 is 5.97 Å². The van der Waals surface area contributed by atoms with Crippen molar-refractivity contribution >= 4 is 34.2 Å². The van der Waals surface area contributed by atoms with Gasteiger partial charge in [0.25, 0.3) is 0 Å². The first kappa shape index (κ1) is 20.1. The van der Waals surface area contributed by atoms with Crippen LogP contribution in [-0.4, -0.2) is 25.0 Å². The van der Waals surface area contributed by atoms with Crippen molar-refractivity contribution in [3.05, 3.63) is 51.9 Å². The predicted molar refractivity (Wildman–Crippen MR) is 104 cm³/mol. The van der Waals surface area contributed by atoms with E-state index in [1.54, 1.807) is 0 Å². The van der Waals surface area contributed by atoms with Crippen molar-refractivity contribution in [3.8, 4) is 0 Å². The number of nitrogens with one attached hydrogen (secondary N) is 1. The van der Waals surface area contributed by atoms with Gasteiger partial charge in [-0.2, -0.15) is 0 Å². The van der Waals surface area contributed by atoms with Gasteiger partial charge in [-0.3, -0.25) is 4.79 Å². The Morgan fingerprint density at radius 2 is 1.96 bits per heavy atom. The molecule has 0 saturated carbocycles. The molecule has 1 aromatic heterocycles. The largest absolute Gasteiger partial charge is 0.550 e. The minimum absolute atomic E-state index is 0.0593. The molecule has 1 aliphatic carbocycles. The van der Waals surface area contributed by atoms with Gasteiger partial charge in [-0.05, 0) is 49.1 Å². The Hall–Kier alpha value is -2.67. The maximum atomic E-state index is 12.4. The minimum Gasteiger partial charge on any atom is -0.550 e. The molecule has 1 amide bonds. The van der Waals surface area contributed by atoms with Crippen LogP contribution in [0, 0.1) is 0 Å². The van der Waals surface area contributed by atoms with Crippen LogP contribution in [0.1, 0.15) is 58.0 Å². The van der Waals surface area contributed by atoms with E-state index in [2.05, 4.69) is 17.4 Å². The van der Waals surface area contributed by atoms with Gasteiger partial charge in [-0.1, -0.05) is 30.3 Å². The van der Waals surface area contributed by atoms with E-state index < -0.39 is 11.9 Å². The lowest BCUT2D eigenvalue weighted by molar-refractivity contribution is -0.305. The first-order valence-corrected chi connectivity index (χ1v) is 10.1. The minimum atomic E-state index is -1.18. The molecule has 0 fully saturated rings. The zero-order valence-corrected chi connectivity index (χ0v) is 16.5. The molecule has 148 valence electrons. The average molecular weight is 400 g/mol. The SMILES string of the molecule is COC(=O)c1c(NC(=O)CCCC(=O)[O-])sc2c1CC[C@H](c1ccccc1)C2. The fourth-order valence-corrected chi connectivity index (χ4v) is 4.92. The number of anilines is 1. The number of methoxy groups -OCH3 is 1. The van der Waals surface area contributed by atoms with Crippen molar-refractivity contribution in [2.45, 2.75) is 44.4 Å². The number of fused-ring (bicyclic) bond motifs is 1. The summed E-state index contributed by atoms with van der Waals surface area (Å²) in [5.41, 5.74) is 2.66. The fourth-order valence-electron chi connectivity index (χ4n) is 3.58. The number of aliphatic carboxylic acids is 1. The second-order valence-corrected chi connectivity index (χ2v) is 7.93. The van der Waals surface area contributed by atoms with Crippen LogP contribution in [0.15, 0.2) is 30.3 Å². The first-order valence-electron chi connectivity index (χ1n) is 9.27. The van der Waals surface area contributed by atoms with Gasteiger partial charge in [0, 0.05) is 17.3 Å². The lowest BCUT2D eigenvalue weighted by Gasteiger charge is -2.22. The van der Waals surface area contributed by atoms with Crippen LogP contribution in [0.3, 0.4) is 0 Å². The van der Waals surface area contributed by atoms with E-state index >= 15 is 0 Å². The average Bonchev–Trinajstić information content (AvgIpc) is 3.04. The zero-order chi connectivity index (χ0) is 20.1. The van der Waals surface area contributed by atoms with Gasteiger partial charge in [-0.15, -0.1) is 11.3 Å². The molecule has 0 radical (unpaired) electrons. The number of amides is 1. The van der Waals surface area contributed by atoms with Crippen molar-refractivity contribution in [1.29, 1.82) is 0 Å². The second-order valence-electron chi connectivity index (χ2n) is 6.82. The number of carbonyl (C=O) groups is 3. The highest BCUT2D eigenvalue weighted by atomic mass is 32.1. The zero-order valence-electron chi connectivity index (χ0n) is 15.7.